The summed E-state index contributed by atoms with van der Waals surface area (Å²) in [5.74, 6) is 0.150. The van der Waals surface area contributed by atoms with Crippen LogP contribution in [0.25, 0.3) is 0 Å². The minimum absolute atomic E-state index is 0.0372. The summed E-state index contributed by atoms with van der Waals surface area (Å²) in [5.41, 5.74) is 2.79. The number of carbonyl (C=O) groups excluding carboxylic acids is 1. The smallest absolute Gasteiger partial charge is 0.331 e. The molecule has 0 bridgehead atoms. The normalized spacial score (nSPS) is 14.8. The number of piperazine rings is 1. The fourth-order valence-electron chi connectivity index (χ4n) is 4.34. The van der Waals surface area contributed by atoms with Crippen molar-refractivity contribution >= 4 is 11.6 Å². The first-order valence-corrected chi connectivity index (χ1v) is 11.0. The van der Waals surface area contributed by atoms with E-state index in [1.54, 1.807) is 4.90 Å². The van der Waals surface area contributed by atoms with Crippen LogP contribution in [0, 0.1) is 4.91 Å². The van der Waals surface area contributed by atoms with Crippen molar-refractivity contribution in [1.29, 1.82) is 0 Å². The summed E-state index contributed by atoms with van der Waals surface area (Å²) in [4.78, 5) is 29.5. The Labute approximate surface area is 188 Å². The molecule has 32 heavy (non-hydrogen) atoms. The quantitative estimate of drug-likeness (QED) is 0.540. The lowest BCUT2D eigenvalue weighted by atomic mass is 9.96. The van der Waals surface area contributed by atoms with Gasteiger partial charge in [-0.15, -0.1) is 0 Å². The van der Waals surface area contributed by atoms with Gasteiger partial charge in [-0.1, -0.05) is 79.7 Å². The molecule has 1 aliphatic rings. The average molecular weight is 434 g/mol. The van der Waals surface area contributed by atoms with Crippen LogP contribution in [0.1, 0.15) is 53.2 Å². The second-order valence-electron chi connectivity index (χ2n) is 8.45. The molecule has 7 nitrogen and oxygen atoms in total. The van der Waals surface area contributed by atoms with Crippen LogP contribution in [0.3, 0.4) is 0 Å². The Morgan fingerprint density at radius 1 is 0.938 bits per heavy atom. The van der Waals surface area contributed by atoms with E-state index in [2.05, 4.69) is 58.6 Å². The van der Waals surface area contributed by atoms with Gasteiger partial charge in [0.05, 0.1) is 6.04 Å². The van der Waals surface area contributed by atoms with E-state index in [0.29, 0.717) is 23.6 Å². The Balaban J connectivity index is 1.53. The first kappa shape index (κ1) is 21.9. The summed E-state index contributed by atoms with van der Waals surface area (Å²) in [6, 6.07) is 21.0. The second-order valence-corrected chi connectivity index (χ2v) is 8.45. The third-order valence-electron chi connectivity index (χ3n) is 5.93. The Bertz CT molecular complexity index is 1030. The van der Waals surface area contributed by atoms with Gasteiger partial charge in [-0.3, -0.25) is 9.69 Å². The number of nitroso groups, excluding NO2 is 1. The number of benzene rings is 2. The number of aromatic nitrogens is 1. The molecule has 1 aromatic heterocycles. The van der Waals surface area contributed by atoms with E-state index < -0.39 is 0 Å². The molecule has 1 saturated heterocycles. The molecule has 2 aromatic carbocycles. The van der Waals surface area contributed by atoms with Crippen LogP contribution in [0.15, 0.2) is 65.2 Å². The van der Waals surface area contributed by atoms with Gasteiger partial charge in [0.1, 0.15) is 0 Å². The SMILES string of the molecule is CC(C)c1onc(C(=O)N2CCN(C(c3ccccc3)c3ccccc3)CC2)c1[N+](C)=O. The highest BCUT2D eigenvalue weighted by Gasteiger charge is 2.37. The minimum atomic E-state index is -0.256. The zero-order valence-electron chi connectivity index (χ0n) is 18.8. The maximum absolute atomic E-state index is 13.2. The van der Waals surface area contributed by atoms with Gasteiger partial charge in [-0.2, -0.15) is 0 Å². The van der Waals surface area contributed by atoms with E-state index in [0.717, 1.165) is 13.1 Å². The number of rotatable bonds is 6. The molecule has 166 valence electrons. The number of hydrogen-bond acceptors (Lipinski definition) is 5. The Morgan fingerprint density at radius 2 is 1.47 bits per heavy atom. The molecule has 2 heterocycles. The van der Waals surface area contributed by atoms with Gasteiger partial charge in [-0.05, 0) is 11.1 Å². The lowest BCUT2D eigenvalue weighted by Gasteiger charge is -2.39. The highest BCUT2D eigenvalue weighted by atomic mass is 16.5. The summed E-state index contributed by atoms with van der Waals surface area (Å²) < 4.78 is 6.03. The average Bonchev–Trinajstić information content (AvgIpc) is 3.27. The van der Waals surface area contributed by atoms with Crippen molar-refractivity contribution in [2.75, 3.05) is 33.2 Å². The van der Waals surface area contributed by atoms with E-state index in [1.807, 2.05) is 26.0 Å². The Morgan fingerprint density at radius 3 is 1.94 bits per heavy atom. The van der Waals surface area contributed by atoms with Crippen LogP contribution in [-0.2, 0) is 0 Å². The zero-order chi connectivity index (χ0) is 22.7. The lowest BCUT2D eigenvalue weighted by molar-refractivity contribution is -0.429. The van der Waals surface area contributed by atoms with Crippen molar-refractivity contribution in [3.8, 4) is 0 Å². The van der Waals surface area contributed by atoms with Gasteiger partial charge in [-0.25, -0.2) is 0 Å². The van der Waals surface area contributed by atoms with E-state index in [-0.39, 0.29) is 29.2 Å². The van der Waals surface area contributed by atoms with Crippen LogP contribution >= 0.6 is 0 Å². The molecule has 1 fully saturated rings. The number of carbonyl (C=O) groups is 1. The first-order chi connectivity index (χ1) is 15.5. The van der Waals surface area contributed by atoms with Crippen LogP contribution in [0.2, 0.25) is 0 Å². The monoisotopic (exact) mass is 433 g/mol. The number of amides is 1. The molecule has 0 aliphatic carbocycles. The molecule has 7 heteroatoms. The maximum atomic E-state index is 13.2. The maximum Gasteiger partial charge on any atom is 0.331 e. The summed E-state index contributed by atoms with van der Waals surface area (Å²) in [7, 11) is 1.37. The molecular formula is C25H29N4O3+. The highest BCUT2D eigenvalue weighted by Crippen LogP contribution is 2.32. The summed E-state index contributed by atoms with van der Waals surface area (Å²) in [6.45, 7) is 6.37. The van der Waals surface area contributed by atoms with Gasteiger partial charge in [0.25, 0.3) is 5.91 Å². The predicted molar refractivity (Wildman–Crippen MR) is 122 cm³/mol. The molecule has 0 N–H and O–H groups in total. The molecule has 4 rings (SSSR count). The number of hydrogen-bond donors (Lipinski definition) is 0. The molecule has 0 saturated carbocycles. The van der Waals surface area contributed by atoms with Gasteiger partial charge in [0.2, 0.25) is 11.5 Å². The predicted octanol–water partition coefficient (Wildman–Crippen LogP) is 4.39. The number of nitrogens with zero attached hydrogens (tertiary/aromatic N) is 4. The van der Waals surface area contributed by atoms with Crippen LogP contribution in [-0.4, -0.2) is 58.9 Å². The summed E-state index contributed by atoms with van der Waals surface area (Å²) in [6.07, 6.45) is 0. The molecular weight excluding hydrogens is 404 g/mol. The van der Waals surface area contributed by atoms with E-state index in [9.17, 15) is 9.70 Å². The van der Waals surface area contributed by atoms with Gasteiger partial charge >= 0.3 is 5.69 Å². The Hall–Kier alpha value is -3.32. The molecule has 1 amide bonds. The van der Waals surface area contributed by atoms with Crippen molar-refractivity contribution < 1.29 is 14.1 Å². The van der Waals surface area contributed by atoms with Gasteiger partial charge in [0, 0.05) is 41.8 Å². The van der Waals surface area contributed by atoms with Crippen molar-refractivity contribution in [3.63, 3.8) is 0 Å². The van der Waals surface area contributed by atoms with Crippen molar-refractivity contribution in [3.05, 3.63) is 88.2 Å². The van der Waals surface area contributed by atoms with E-state index >= 15 is 0 Å². The molecule has 0 spiro atoms. The van der Waals surface area contributed by atoms with Crippen molar-refractivity contribution in [1.82, 2.24) is 15.0 Å². The zero-order valence-corrected chi connectivity index (χ0v) is 18.8. The molecule has 0 unspecified atom stereocenters. The van der Waals surface area contributed by atoms with Crippen LogP contribution in [0.5, 0.6) is 0 Å². The van der Waals surface area contributed by atoms with Crippen molar-refractivity contribution in [2.45, 2.75) is 25.8 Å². The molecule has 0 atom stereocenters. The standard InChI is InChI=1S/C25H29N4O3/c1-18(2)24-23(27(3)31)21(26-32-24)25(30)29-16-14-28(15-17-29)22(19-10-6-4-7-11-19)20-12-8-5-9-13-20/h4-13,18,22H,14-17H2,1-3H3/q+1. The second kappa shape index (κ2) is 9.44. The third-order valence-corrected chi connectivity index (χ3v) is 5.93. The molecule has 1 aliphatic heterocycles. The van der Waals surface area contributed by atoms with Gasteiger partial charge in [0.15, 0.2) is 7.05 Å². The van der Waals surface area contributed by atoms with Gasteiger partial charge < -0.3 is 9.42 Å². The van der Waals surface area contributed by atoms with E-state index in [1.165, 1.54) is 18.2 Å². The fraction of sp³-hybridized carbons (Fsp3) is 0.360. The molecule has 3 aromatic rings. The molecule has 0 radical (unpaired) electrons. The van der Waals surface area contributed by atoms with E-state index in [4.69, 9.17) is 4.52 Å². The van der Waals surface area contributed by atoms with Crippen LogP contribution < -0.4 is 0 Å². The minimum Gasteiger partial charge on any atom is -0.353 e. The Kier molecular flexibility index (Phi) is 6.46. The lowest BCUT2D eigenvalue weighted by Crippen LogP contribution is -2.50. The largest absolute Gasteiger partial charge is 0.353 e. The van der Waals surface area contributed by atoms with Crippen LogP contribution in [0.4, 0.5) is 5.69 Å². The third kappa shape index (κ3) is 4.34. The fourth-order valence-corrected chi connectivity index (χ4v) is 4.34. The van der Waals surface area contributed by atoms with Crippen molar-refractivity contribution in [2.24, 2.45) is 0 Å². The topological polar surface area (TPSA) is 69.7 Å². The highest BCUT2D eigenvalue weighted by molar-refractivity contribution is 5.96. The first-order valence-electron chi connectivity index (χ1n) is 11.0. The summed E-state index contributed by atoms with van der Waals surface area (Å²) in [5, 5.41) is 3.96. The summed E-state index contributed by atoms with van der Waals surface area (Å²) >= 11 is 0.